The molecular weight excluding hydrogens is 516 g/mol. The standard InChI is InChI=1S/C28H42Cl2NO4P/c1-11-31(12-2)36(23-15-19(29)13-21(27(3,4)5)25(23)34-17-32-9)24-16-20(30)14-22(28(6,7)8)26(24)35-18-33-10/h13-16H,11-12,17-18H2,1-10H3. The van der Waals surface area contributed by atoms with Gasteiger partial charge >= 0.3 is 0 Å². The highest BCUT2D eigenvalue weighted by Gasteiger charge is 2.34. The predicted octanol–water partition coefficient (Wildman–Crippen LogP) is 7.24. The van der Waals surface area contributed by atoms with Crippen LogP contribution in [0, 0.1) is 0 Å². The molecule has 0 fully saturated rings. The molecule has 0 aromatic heterocycles. The van der Waals surface area contributed by atoms with Gasteiger partial charge in [-0.3, -0.25) is 4.67 Å². The third-order valence-corrected chi connectivity index (χ3v) is 8.94. The lowest BCUT2D eigenvalue weighted by Crippen LogP contribution is -2.33. The van der Waals surface area contributed by atoms with Crippen LogP contribution < -0.4 is 20.1 Å². The normalized spacial score (nSPS) is 12.5. The molecule has 0 heterocycles. The molecule has 0 aliphatic carbocycles. The molecule has 0 atom stereocenters. The summed E-state index contributed by atoms with van der Waals surface area (Å²) in [5.41, 5.74) is 1.65. The fourth-order valence-corrected chi connectivity index (χ4v) is 7.37. The Morgan fingerprint density at radius 2 is 1.06 bits per heavy atom. The Morgan fingerprint density at radius 1 is 0.694 bits per heavy atom. The lowest BCUT2D eigenvalue weighted by molar-refractivity contribution is 0.0505. The van der Waals surface area contributed by atoms with Crippen molar-refractivity contribution < 1.29 is 18.9 Å². The first-order valence-electron chi connectivity index (χ1n) is 12.3. The highest BCUT2D eigenvalue weighted by atomic mass is 35.5. The zero-order chi connectivity index (χ0) is 27.3. The van der Waals surface area contributed by atoms with Crippen molar-refractivity contribution in [1.82, 2.24) is 4.67 Å². The van der Waals surface area contributed by atoms with E-state index in [9.17, 15) is 0 Å². The SMILES string of the molecule is CCN(CC)P(c1cc(Cl)cc(C(C)(C)C)c1OCOC)c1cc(Cl)cc(C(C)(C)C)c1OCOC. The number of halogens is 2. The zero-order valence-electron chi connectivity index (χ0n) is 23.4. The van der Waals surface area contributed by atoms with Crippen molar-refractivity contribution in [3.8, 4) is 11.5 Å². The van der Waals surface area contributed by atoms with Gasteiger partial charge in [-0.1, -0.05) is 78.6 Å². The lowest BCUT2D eigenvalue weighted by Gasteiger charge is -2.36. The van der Waals surface area contributed by atoms with Gasteiger partial charge in [0.1, 0.15) is 11.5 Å². The average molecular weight is 559 g/mol. The number of rotatable bonds is 11. The third kappa shape index (κ3) is 7.49. The molecule has 5 nitrogen and oxygen atoms in total. The number of hydrogen-bond acceptors (Lipinski definition) is 5. The van der Waals surface area contributed by atoms with E-state index < -0.39 is 8.07 Å². The van der Waals surface area contributed by atoms with E-state index in [-0.39, 0.29) is 24.4 Å². The molecule has 202 valence electrons. The number of benzene rings is 2. The summed E-state index contributed by atoms with van der Waals surface area (Å²) >= 11 is 13.5. The van der Waals surface area contributed by atoms with Gasteiger partial charge in [0.05, 0.1) is 0 Å². The number of methoxy groups -OCH3 is 2. The minimum atomic E-state index is -1.15. The van der Waals surface area contributed by atoms with E-state index >= 15 is 0 Å². The molecule has 0 saturated heterocycles. The monoisotopic (exact) mass is 557 g/mol. The van der Waals surface area contributed by atoms with E-state index in [0.29, 0.717) is 10.0 Å². The second kappa shape index (κ2) is 13.1. The molecule has 0 radical (unpaired) electrons. The first-order chi connectivity index (χ1) is 16.8. The summed E-state index contributed by atoms with van der Waals surface area (Å²) in [5.74, 6) is 1.59. The van der Waals surface area contributed by atoms with Crippen LogP contribution >= 0.6 is 31.3 Å². The molecule has 8 heteroatoms. The van der Waals surface area contributed by atoms with Gasteiger partial charge in [0, 0.05) is 54.1 Å². The highest BCUT2D eigenvalue weighted by molar-refractivity contribution is 7.71. The fraction of sp³-hybridized carbons (Fsp3) is 0.571. The van der Waals surface area contributed by atoms with Gasteiger partial charge in [-0.25, -0.2) is 0 Å². The predicted molar refractivity (Wildman–Crippen MR) is 154 cm³/mol. The number of nitrogens with zero attached hydrogens (tertiary/aromatic N) is 1. The van der Waals surface area contributed by atoms with E-state index in [2.05, 4.69) is 60.1 Å². The van der Waals surface area contributed by atoms with E-state index in [1.807, 2.05) is 24.3 Å². The largest absolute Gasteiger partial charge is 0.467 e. The van der Waals surface area contributed by atoms with Crippen molar-refractivity contribution >= 4 is 41.9 Å². The summed E-state index contributed by atoms with van der Waals surface area (Å²) in [6.07, 6.45) is 0. The summed E-state index contributed by atoms with van der Waals surface area (Å²) < 4.78 is 25.7. The molecule has 2 rings (SSSR count). The third-order valence-electron chi connectivity index (χ3n) is 5.80. The Bertz CT molecular complexity index is 939. The zero-order valence-corrected chi connectivity index (χ0v) is 25.8. The second-order valence-electron chi connectivity index (χ2n) is 10.7. The van der Waals surface area contributed by atoms with Crippen LogP contribution in [0.3, 0.4) is 0 Å². The van der Waals surface area contributed by atoms with Gasteiger partial charge in [0.2, 0.25) is 0 Å². The first-order valence-corrected chi connectivity index (χ1v) is 14.3. The van der Waals surface area contributed by atoms with Crippen molar-refractivity contribution in [2.24, 2.45) is 0 Å². The van der Waals surface area contributed by atoms with Gasteiger partial charge in [-0.15, -0.1) is 0 Å². The molecular formula is C28H42Cl2NO4P. The summed E-state index contributed by atoms with van der Waals surface area (Å²) in [4.78, 5) is 0. The first kappa shape index (κ1) is 31.1. The Balaban J connectivity index is 3.03. The van der Waals surface area contributed by atoms with Gasteiger partial charge in [0.25, 0.3) is 0 Å². The van der Waals surface area contributed by atoms with Crippen LogP contribution in [0.15, 0.2) is 24.3 Å². The van der Waals surface area contributed by atoms with E-state index in [4.69, 9.17) is 42.1 Å². The van der Waals surface area contributed by atoms with Gasteiger partial charge in [0.15, 0.2) is 13.6 Å². The van der Waals surface area contributed by atoms with Crippen molar-refractivity contribution in [1.29, 1.82) is 0 Å². The van der Waals surface area contributed by atoms with E-state index in [1.54, 1.807) is 14.2 Å². The molecule has 0 aliphatic rings. The highest BCUT2D eigenvalue weighted by Crippen LogP contribution is 2.49. The smallest absolute Gasteiger partial charge is 0.188 e. The summed E-state index contributed by atoms with van der Waals surface area (Å²) in [5, 5.41) is 3.34. The molecule has 0 saturated carbocycles. The summed E-state index contributed by atoms with van der Waals surface area (Å²) in [6.45, 7) is 19.2. The molecule has 36 heavy (non-hydrogen) atoms. The molecule has 0 spiro atoms. The average Bonchev–Trinajstić information content (AvgIpc) is 2.78. The topological polar surface area (TPSA) is 40.2 Å². The van der Waals surface area contributed by atoms with Crippen molar-refractivity contribution in [2.45, 2.75) is 66.2 Å². The lowest BCUT2D eigenvalue weighted by atomic mass is 9.86. The second-order valence-corrected chi connectivity index (χ2v) is 13.7. The number of hydrogen-bond donors (Lipinski definition) is 0. The maximum atomic E-state index is 6.77. The van der Waals surface area contributed by atoms with Crippen molar-refractivity contribution in [3.05, 3.63) is 45.4 Å². The van der Waals surface area contributed by atoms with E-state index in [1.165, 1.54) is 0 Å². The fourth-order valence-electron chi connectivity index (χ4n) is 4.07. The molecule has 0 unspecified atom stereocenters. The van der Waals surface area contributed by atoms with Gasteiger partial charge in [-0.05, 0) is 48.2 Å². The van der Waals surface area contributed by atoms with Crippen molar-refractivity contribution in [2.75, 3.05) is 40.9 Å². The van der Waals surface area contributed by atoms with Crippen LogP contribution in [0.1, 0.15) is 66.5 Å². The molecule has 2 aromatic rings. The van der Waals surface area contributed by atoms with Crippen molar-refractivity contribution in [3.63, 3.8) is 0 Å². The van der Waals surface area contributed by atoms with E-state index in [0.717, 1.165) is 46.3 Å². The Kier molecular flexibility index (Phi) is 11.4. The maximum absolute atomic E-state index is 6.77. The maximum Gasteiger partial charge on any atom is 0.188 e. The Morgan fingerprint density at radius 3 is 1.33 bits per heavy atom. The van der Waals surface area contributed by atoms with Gasteiger partial charge < -0.3 is 18.9 Å². The van der Waals surface area contributed by atoms with Crippen LogP contribution in [0.5, 0.6) is 11.5 Å². The minimum absolute atomic E-state index is 0.134. The van der Waals surface area contributed by atoms with Crippen LogP contribution in [-0.2, 0) is 20.3 Å². The molecule has 2 aromatic carbocycles. The Hall–Kier alpha value is -1.07. The van der Waals surface area contributed by atoms with Crippen LogP contribution in [0.4, 0.5) is 0 Å². The Labute approximate surface area is 229 Å². The van der Waals surface area contributed by atoms with Crippen LogP contribution in [0.25, 0.3) is 0 Å². The molecule has 0 N–H and O–H groups in total. The minimum Gasteiger partial charge on any atom is -0.467 e. The van der Waals surface area contributed by atoms with Crippen LogP contribution in [0.2, 0.25) is 10.0 Å². The number of ether oxygens (including phenoxy) is 4. The van der Waals surface area contributed by atoms with Crippen LogP contribution in [-0.4, -0.2) is 45.6 Å². The summed E-state index contributed by atoms with van der Waals surface area (Å²) in [7, 11) is 2.11. The quantitative estimate of drug-likeness (QED) is 0.215. The molecule has 0 aliphatic heterocycles. The molecule has 0 bridgehead atoms. The molecule has 0 amide bonds. The summed E-state index contributed by atoms with van der Waals surface area (Å²) in [6, 6.07) is 8.02. The van der Waals surface area contributed by atoms with Gasteiger partial charge in [-0.2, -0.15) is 0 Å².